The lowest BCUT2D eigenvalue weighted by Gasteiger charge is -2.37. The van der Waals surface area contributed by atoms with Gasteiger partial charge in [0, 0.05) is 117 Å². The van der Waals surface area contributed by atoms with Crippen LogP contribution in [0.3, 0.4) is 0 Å². The summed E-state index contributed by atoms with van der Waals surface area (Å²) >= 11 is 0. The zero-order chi connectivity index (χ0) is 51.4. The fourth-order valence-electron chi connectivity index (χ4n) is 11.4. The van der Waals surface area contributed by atoms with E-state index in [0.29, 0.717) is 91.4 Å². The quantitative estimate of drug-likeness (QED) is 0.154. The van der Waals surface area contributed by atoms with Gasteiger partial charge in [0.15, 0.2) is 0 Å². The topological polar surface area (TPSA) is 161 Å². The Morgan fingerprint density at radius 2 is 1.03 bits per heavy atom. The molecule has 5 aliphatic heterocycles. The second-order valence-corrected chi connectivity index (χ2v) is 25.1. The van der Waals surface area contributed by atoms with Gasteiger partial charge in [-0.15, -0.1) is 0 Å². The Labute approximate surface area is 428 Å². The number of benzene rings is 4. The number of hydrogen-bond donors (Lipinski definition) is 0. The number of amides is 3. The highest BCUT2D eigenvalue weighted by Gasteiger charge is 2.35. The molecule has 0 atom stereocenters. The summed E-state index contributed by atoms with van der Waals surface area (Å²) in [5, 5.41) is 1.57. The molecule has 0 unspecified atom stereocenters. The fourth-order valence-corrected chi connectivity index (χ4v) is 13.9. The van der Waals surface area contributed by atoms with E-state index in [0.717, 1.165) is 73.2 Å². The van der Waals surface area contributed by atoms with E-state index in [2.05, 4.69) is 29.2 Å². The van der Waals surface area contributed by atoms with E-state index in [1.165, 1.54) is 20.7 Å². The number of nitrogens with zero attached hydrogens (tertiary/aromatic N) is 6. The predicted molar refractivity (Wildman–Crippen MR) is 282 cm³/mol. The maximum absolute atomic E-state index is 13.6. The number of fused-ring (bicyclic) bond motifs is 8. The van der Waals surface area contributed by atoms with Crippen LogP contribution in [0.15, 0.2) is 84.9 Å². The Hall–Kier alpha value is -6.01. The third kappa shape index (κ3) is 9.93. The highest BCUT2D eigenvalue weighted by Crippen LogP contribution is 2.37. The van der Waals surface area contributed by atoms with E-state index in [-0.39, 0.29) is 29.9 Å². The highest BCUT2D eigenvalue weighted by molar-refractivity contribution is 7.90. The summed E-state index contributed by atoms with van der Waals surface area (Å²) < 4.78 is 66.7. The van der Waals surface area contributed by atoms with Crippen LogP contribution in [-0.2, 0) is 81.4 Å². The standard InChI is InChI=1S/C28H33N3O5S.C28H33N3O4S/c1-5-37(34,35)31-24-11-10-20(26(32)29-14-12-19-8-6-7-9-21(19)17-29)16-22(24)23-18-30(15-13-25(23)31)27(33)36-28(2,3)4;1-2-36(33,34)31-26-8-7-21(28(32)30-13-9-20-5-3-4-6-22(20)18-30)17-24(26)25-19-29(14-10-27(25)31)23-11-15-35-16-12-23/h6-11,16H,5,12-15,17-18H2,1-4H3;3-8,17,23H,2,9-16,18-19H2,1H3. The Kier molecular flexibility index (Phi) is 13.9. The van der Waals surface area contributed by atoms with Crippen molar-refractivity contribution in [3.63, 3.8) is 0 Å². The van der Waals surface area contributed by atoms with Crippen LogP contribution >= 0.6 is 0 Å². The molecule has 1 fully saturated rings. The van der Waals surface area contributed by atoms with E-state index in [1.807, 2.05) is 67.0 Å². The molecule has 5 aliphatic rings. The normalized spacial score (nSPS) is 17.6. The molecule has 2 aromatic heterocycles. The van der Waals surface area contributed by atoms with Crippen molar-refractivity contribution in [2.75, 3.05) is 50.9 Å². The van der Waals surface area contributed by atoms with Crippen molar-refractivity contribution in [3.8, 4) is 0 Å². The average molecular weight is 1030 g/mol. The molecular formula is C56H66N6O9S2. The highest BCUT2D eigenvalue weighted by atomic mass is 32.2. The molecular weight excluding hydrogens is 965 g/mol. The SMILES string of the molecule is CCS(=O)(=O)n1c2c(c3cc(C(=O)N4CCc5ccccc5C4)ccc31)CN(C(=O)OC(C)(C)C)CC2.CCS(=O)(=O)n1c2c(c3cc(C(=O)N4CCc5ccccc5C4)ccc31)CN(C1CCOCC1)CC2. The number of carbonyl (C=O) groups is 3. The van der Waals surface area contributed by atoms with Crippen molar-refractivity contribution in [3.05, 3.63) is 141 Å². The summed E-state index contributed by atoms with van der Waals surface area (Å²) in [6.07, 6.45) is 4.29. The minimum Gasteiger partial charge on any atom is -0.444 e. The van der Waals surface area contributed by atoms with Gasteiger partial charge in [0.1, 0.15) is 5.60 Å². The number of ether oxygens (including phenoxy) is 2. The maximum Gasteiger partial charge on any atom is 0.410 e. The fraction of sp³-hybridized carbons (Fsp3) is 0.446. The van der Waals surface area contributed by atoms with E-state index < -0.39 is 31.7 Å². The second kappa shape index (κ2) is 20.0. The van der Waals surface area contributed by atoms with Gasteiger partial charge in [-0.1, -0.05) is 48.5 Å². The van der Waals surface area contributed by atoms with Gasteiger partial charge in [-0.25, -0.2) is 29.6 Å². The van der Waals surface area contributed by atoms with Crippen LogP contribution in [0.5, 0.6) is 0 Å². The molecule has 0 spiro atoms. The first-order chi connectivity index (χ1) is 34.9. The molecule has 0 bridgehead atoms. The Balaban J connectivity index is 0.000000168. The van der Waals surface area contributed by atoms with Crippen LogP contribution in [0.4, 0.5) is 4.79 Å². The minimum atomic E-state index is -3.59. The van der Waals surface area contributed by atoms with Crippen molar-refractivity contribution >= 4 is 59.8 Å². The molecule has 73 heavy (non-hydrogen) atoms. The van der Waals surface area contributed by atoms with E-state index in [4.69, 9.17) is 9.47 Å². The Morgan fingerprint density at radius 1 is 0.575 bits per heavy atom. The van der Waals surface area contributed by atoms with Gasteiger partial charge in [0.2, 0.25) is 20.0 Å². The molecule has 386 valence electrons. The summed E-state index contributed by atoms with van der Waals surface area (Å²) in [6, 6.07) is 27.7. The second-order valence-electron chi connectivity index (χ2n) is 20.9. The number of rotatable bonds is 7. The maximum atomic E-state index is 13.6. The van der Waals surface area contributed by atoms with Gasteiger partial charge in [-0.05, 0) is 125 Å². The Morgan fingerprint density at radius 3 is 1.51 bits per heavy atom. The van der Waals surface area contributed by atoms with Crippen molar-refractivity contribution < 1.29 is 40.7 Å². The van der Waals surface area contributed by atoms with Crippen LogP contribution in [0, 0.1) is 0 Å². The molecule has 15 nitrogen and oxygen atoms in total. The molecule has 6 aromatic rings. The first-order valence-electron chi connectivity index (χ1n) is 25.8. The lowest BCUT2D eigenvalue weighted by Crippen LogP contribution is -2.42. The Bertz CT molecular complexity index is 3370. The van der Waals surface area contributed by atoms with Crippen LogP contribution in [-0.4, -0.2) is 125 Å². The number of aromatic nitrogens is 2. The van der Waals surface area contributed by atoms with Crippen LogP contribution < -0.4 is 0 Å². The summed E-state index contributed by atoms with van der Waals surface area (Å²) in [7, 11) is -7.06. The van der Waals surface area contributed by atoms with E-state index in [1.54, 1.807) is 47.0 Å². The molecule has 1 saturated heterocycles. The molecule has 0 aliphatic carbocycles. The van der Waals surface area contributed by atoms with Gasteiger partial charge in [-0.2, -0.15) is 0 Å². The summed E-state index contributed by atoms with van der Waals surface area (Å²) in [4.78, 5) is 47.7. The third-order valence-corrected chi connectivity index (χ3v) is 18.6. The molecule has 3 amide bonds. The van der Waals surface area contributed by atoms with Crippen LogP contribution in [0.2, 0.25) is 0 Å². The molecule has 11 rings (SSSR count). The number of hydrogen-bond acceptors (Lipinski definition) is 10. The van der Waals surface area contributed by atoms with Gasteiger partial charge in [0.05, 0.1) is 29.1 Å². The van der Waals surface area contributed by atoms with Crippen molar-refractivity contribution in [2.24, 2.45) is 0 Å². The van der Waals surface area contributed by atoms with Gasteiger partial charge >= 0.3 is 6.09 Å². The minimum absolute atomic E-state index is 0.00310. The lowest BCUT2D eigenvalue weighted by molar-refractivity contribution is 0.0223. The van der Waals surface area contributed by atoms with Gasteiger partial charge in [0.25, 0.3) is 11.8 Å². The summed E-state index contributed by atoms with van der Waals surface area (Å²) in [5.41, 5.74) is 10.0. The largest absolute Gasteiger partial charge is 0.444 e. The van der Waals surface area contributed by atoms with Crippen LogP contribution in [0.25, 0.3) is 21.8 Å². The summed E-state index contributed by atoms with van der Waals surface area (Å²) in [5.74, 6) is -0.0902. The number of carbonyl (C=O) groups excluding carboxylic acids is 3. The molecule has 0 saturated carbocycles. The smallest absolute Gasteiger partial charge is 0.410 e. The first-order valence-corrected chi connectivity index (χ1v) is 29.0. The van der Waals surface area contributed by atoms with E-state index in [9.17, 15) is 31.2 Å². The van der Waals surface area contributed by atoms with Crippen molar-refractivity contribution in [2.45, 2.75) is 111 Å². The molecule has 4 aromatic carbocycles. The lowest BCUT2D eigenvalue weighted by atomic mass is 9.98. The first kappa shape index (κ1) is 50.5. The van der Waals surface area contributed by atoms with Crippen molar-refractivity contribution in [1.29, 1.82) is 0 Å². The predicted octanol–water partition coefficient (Wildman–Crippen LogP) is 7.91. The monoisotopic (exact) mass is 1030 g/mol. The van der Waals surface area contributed by atoms with Crippen molar-refractivity contribution in [1.82, 2.24) is 27.5 Å². The third-order valence-electron chi connectivity index (χ3n) is 15.2. The van der Waals surface area contributed by atoms with Gasteiger partial charge in [-0.3, -0.25) is 14.5 Å². The van der Waals surface area contributed by atoms with E-state index >= 15 is 0 Å². The van der Waals surface area contributed by atoms with Gasteiger partial charge < -0.3 is 24.2 Å². The zero-order valence-corrected chi connectivity index (χ0v) is 44.2. The molecule has 0 radical (unpaired) electrons. The molecule has 17 heteroatoms. The molecule has 0 N–H and O–H groups in total. The van der Waals surface area contributed by atoms with Crippen LogP contribution in [0.1, 0.15) is 113 Å². The summed E-state index contributed by atoms with van der Waals surface area (Å²) in [6.45, 7) is 14.9. The average Bonchev–Trinajstić information content (AvgIpc) is 3.93. The molecule has 7 heterocycles. The zero-order valence-electron chi connectivity index (χ0n) is 42.6.